The van der Waals surface area contributed by atoms with Crippen LogP contribution in [0.4, 0.5) is 5.69 Å². The highest BCUT2D eigenvalue weighted by molar-refractivity contribution is 7.17. The van der Waals surface area contributed by atoms with Crippen molar-refractivity contribution in [2.75, 3.05) is 12.4 Å². The lowest BCUT2D eigenvalue weighted by molar-refractivity contribution is 0.415. The van der Waals surface area contributed by atoms with E-state index in [4.69, 9.17) is 4.74 Å². The van der Waals surface area contributed by atoms with Gasteiger partial charge >= 0.3 is 0 Å². The molecule has 2 aromatic heterocycles. The zero-order chi connectivity index (χ0) is 14.1. The molecule has 0 saturated carbocycles. The molecule has 0 aliphatic rings. The zero-order valence-electron chi connectivity index (χ0n) is 11.8. The molecule has 4 nitrogen and oxygen atoms in total. The van der Waals surface area contributed by atoms with Crippen molar-refractivity contribution in [1.29, 1.82) is 0 Å². The molecule has 0 bridgehead atoms. The number of anilines is 1. The molecule has 0 spiro atoms. The first kappa shape index (κ1) is 13.0. The van der Waals surface area contributed by atoms with E-state index in [0.717, 1.165) is 28.6 Å². The lowest BCUT2D eigenvalue weighted by Crippen LogP contribution is -2.03. The van der Waals surface area contributed by atoms with Gasteiger partial charge in [0.1, 0.15) is 5.75 Å². The van der Waals surface area contributed by atoms with E-state index in [2.05, 4.69) is 34.7 Å². The van der Waals surface area contributed by atoms with Gasteiger partial charge in [-0.3, -0.25) is 4.40 Å². The van der Waals surface area contributed by atoms with Crippen molar-refractivity contribution in [2.45, 2.75) is 20.4 Å². The molecule has 3 aromatic rings. The van der Waals surface area contributed by atoms with Gasteiger partial charge in [0.15, 0.2) is 4.96 Å². The maximum absolute atomic E-state index is 5.23. The quantitative estimate of drug-likeness (QED) is 0.796. The molecule has 3 rings (SSSR count). The van der Waals surface area contributed by atoms with Crippen LogP contribution < -0.4 is 10.1 Å². The van der Waals surface area contributed by atoms with Gasteiger partial charge in [0.2, 0.25) is 0 Å². The molecule has 104 valence electrons. The van der Waals surface area contributed by atoms with Gasteiger partial charge in [-0.25, -0.2) is 4.98 Å². The van der Waals surface area contributed by atoms with Gasteiger partial charge < -0.3 is 10.1 Å². The number of aryl methyl sites for hydroxylation is 2. The molecular weight excluding hydrogens is 270 g/mol. The van der Waals surface area contributed by atoms with Crippen LogP contribution in [0.3, 0.4) is 0 Å². The average Bonchev–Trinajstić information content (AvgIpc) is 2.92. The Bertz CT molecular complexity index is 745. The molecule has 0 amide bonds. The van der Waals surface area contributed by atoms with Crippen LogP contribution >= 0.6 is 11.3 Å². The molecule has 20 heavy (non-hydrogen) atoms. The Hall–Kier alpha value is -2.01. The number of methoxy groups -OCH3 is 1. The molecule has 1 N–H and O–H groups in total. The number of ether oxygens (including phenoxy) is 1. The molecule has 0 unspecified atom stereocenters. The maximum atomic E-state index is 5.23. The molecule has 0 atom stereocenters. The summed E-state index contributed by atoms with van der Waals surface area (Å²) in [6, 6.07) is 7.95. The van der Waals surface area contributed by atoms with E-state index < -0.39 is 0 Å². The summed E-state index contributed by atoms with van der Waals surface area (Å²) in [6.07, 6.45) is 2.14. The minimum absolute atomic E-state index is 0.746. The van der Waals surface area contributed by atoms with E-state index >= 15 is 0 Å². The summed E-state index contributed by atoms with van der Waals surface area (Å²) in [5.41, 5.74) is 3.32. The summed E-state index contributed by atoms with van der Waals surface area (Å²) in [5.74, 6) is 0.858. The number of rotatable bonds is 4. The molecule has 2 heterocycles. The average molecular weight is 287 g/mol. The predicted octanol–water partition coefficient (Wildman–Crippen LogP) is 3.63. The van der Waals surface area contributed by atoms with Gasteiger partial charge in [0.05, 0.1) is 25.0 Å². The lowest BCUT2D eigenvalue weighted by Gasteiger charge is -2.08. The number of nitrogens with zero attached hydrogens (tertiary/aromatic N) is 2. The van der Waals surface area contributed by atoms with Crippen LogP contribution in [-0.4, -0.2) is 16.5 Å². The maximum Gasteiger partial charge on any atom is 0.194 e. The van der Waals surface area contributed by atoms with Crippen molar-refractivity contribution in [1.82, 2.24) is 9.38 Å². The number of hydrogen-bond acceptors (Lipinski definition) is 4. The number of aromatic nitrogens is 2. The second kappa shape index (κ2) is 5.17. The summed E-state index contributed by atoms with van der Waals surface area (Å²) in [7, 11) is 1.68. The fourth-order valence-corrected chi connectivity index (χ4v) is 3.13. The molecule has 0 aliphatic carbocycles. The van der Waals surface area contributed by atoms with Crippen LogP contribution in [-0.2, 0) is 6.54 Å². The molecular formula is C15H17N3OS. The molecule has 1 aromatic carbocycles. The van der Waals surface area contributed by atoms with Gasteiger partial charge in [-0.05, 0) is 26.0 Å². The van der Waals surface area contributed by atoms with Crippen LogP contribution in [0.2, 0.25) is 0 Å². The van der Waals surface area contributed by atoms with Crippen LogP contribution in [0.25, 0.3) is 4.96 Å². The van der Waals surface area contributed by atoms with Crippen molar-refractivity contribution >= 4 is 22.0 Å². The summed E-state index contributed by atoms with van der Waals surface area (Å²) >= 11 is 1.72. The SMILES string of the molecule is COc1cccc(NCc2c(C)nc3sc(C)cn23)c1. The lowest BCUT2D eigenvalue weighted by atomic mass is 10.3. The van der Waals surface area contributed by atoms with Gasteiger partial charge in [-0.15, -0.1) is 11.3 Å². The van der Waals surface area contributed by atoms with Crippen LogP contribution in [0.1, 0.15) is 16.3 Å². The second-order valence-electron chi connectivity index (χ2n) is 4.72. The van der Waals surface area contributed by atoms with Gasteiger partial charge in [-0.1, -0.05) is 6.07 Å². The highest BCUT2D eigenvalue weighted by atomic mass is 32.1. The summed E-state index contributed by atoms with van der Waals surface area (Å²) in [5, 5.41) is 3.43. The monoisotopic (exact) mass is 287 g/mol. The highest BCUT2D eigenvalue weighted by Gasteiger charge is 2.10. The summed E-state index contributed by atoms with van der Waals surface area (Å²) < 4.78 is 7.40. The fourth-order valence-electron chi connectivity index (χ4n) is 2.24. The molecule has 0 radical (unpaired) electrons. The first-order valence-electron chi connectivity index (χ1n) is 6.49. The Labute approximate surface area is 122 Å². The van der Waals surface area contributed by atoms with Crippen molar-refractivity contribution < 1.29 is 4.74 Å². The number of benzene rings is 1. The van der Waals surface area contributed by atoms with Gasteiger partial charge in [0, 0.05) is 22.8 Å². The number of hydrogen-bond donors (Lipinski definition) is 1. The Morgan fingerprint density at radius 2 is 2.20 bits per heavy atom. The number of fused-ring (bicyclic) bond motifs is 1. The van der Waals surface area contributed by atoms with Gasteiger partial charge in [-0.2, -0.15) is 0 Å². The van der Waals surface area contributed by atoms with E-state index in [9.17, 15) is 0 Å². The third-order valence-corrected chi connectivity index (χ3v) is 4.17. The Kier molecular flexibility index (Phi) is 3.36. The third-order valence-electron chi connectivity index (χ3n) is 3.27. The zero-order valence-corrected chi connectivity index (χ0v) is 12.6. The largest absolute Gasteiger partial charge is 0.497 e. The smallest absolute Gasteiger partial charge is 0.194 e. The molecule has 0 saturated heterocycles. The predicted molar refractivity (Wildman–Crippen MR) is 82.9 cm³/mol. The third kappa shape index (κ3) is 2.36. The van der Waals surface area contributed by atoms with Gasteiger partial charge in [0.25, 0.3) is 0 Å². The van der Waals surface area contributed by atoms with Crippen LogP contribution in [0.15, 0.2) is 30.5 Å². The van der Waals surface area contributed by atoms with Crippen molar-refractivity contribution in [3.8, 4) is 5.75 Å². The molecule has 0 fully saturated rings. The standard InChI is InChI=1S/C15H17N3OS/c1-10-9-18-14(11(2)17-15(18)20-10)8-16-12-5-4-6-13(7-12)19-3/h4-7,9,16H,8H2,1-3H3. The van der Waals surface area contributed by atoms with Crippen molar-refractivity contribution in [3.05, 3.63) is 46.7 Å². The number of imidazole rings is 1. The summed E-state index contributed by atoms with van der Waals surface area (Å²) in [4.78, 5) is 6.93. The molecule has 5 heteroatoms. The molecule has 0 aliphatic heterocycles. The minimum Gasteiger partial charge on any atom is -0.497 e. The van der Waals surface area contributed by atoms with Crippen LogP contribution in [0.5, 0.6) is 5.75 Å². The second-order valence-corrected chi connectivity index (χ2v) is 5.94. The minimum atomic E-state index is 0.746. The van der Waals surface area contributed by atoms with E-state index in [1.54, 1.807) is 18.4 Å². The Balaban J connectivity index is 1.84. The fraction of sp³-hybridized carbons (Fsp3) is 0.267. The Morgan fingerprint density at radius 1 is 1.35 bits per heavy atom. The van der Waals surface area contributed by atoms with Crippen LogP contribution in [0, 0.1) is 13.8 Å². The van der Waals surface area contributed by atoms with E-state index in [0.29, 0.717) is 0 Å². The van der Waals surface area contributed by atoms with E-state index in [1.165, 1.54) is 10.6 Å². The highest BCUT2D eigenvalue weighted by Crippen LogP contribution is 2.22. The van der Waals surface area contributed by atoms with E-state index in [-0.39, 0.29) is 0 Å². The first-order chi connectivity index (χ1) is 9.67. The normalized spacial score (nSPS) is 10.9. The first-order valence-corrected chi connectivity index (χ1v) is 7.31. The van der Waals surface area contributed by atoms with Crippen molar-refractivity contribution in [3.63, 3.8) is 0 Å². The Morgan fingerprint density at radius 3 is 3.00 bits per heavy atom. The number of thiazole rings is 1. The summed E-state index contributed by atoms with van der Waals surface area (Å²) in [6.45, 7) is 4.90. The number of nitrogens with one attached hydrogen (secondary N) is 1. The van der Waals surface area contributed by atoms with Crippen molar-refractivity contribution in [2.24, 2.45) is 0 Å². The topological polar surface area (TPSA) is 38.6 Å². The van der Waals surface area contributed by atoms with E-state index in [1.807, 2.05) is 24.3 Å².